The number of amides is 1. The number of ether oxygens (including phenoxy) is 5. The first-order valence-corrected chi connectivity index (χ1v) is 27.1. The molecule has 2 N–H and O–H groups in total. The highest BCUT2D eigenvalue weighted by atomic mass is 32.2. The van der Waals surface area contributed by atoms with E-state index in [1.165, 1.54) is 43.4 Å². The maximum absolute atomic E-state index is 15.3. The summed E-state index contributed by atoms with van der Waals surface area (Å²) in [6, 6.07) is 21.9. The van der Waals surface area contributed by atoms with Crippen LogP contribution in [0.2, 0.25) is 0 Å². The number of allylic oxidation sites excluding steroid dienone is 1. The first-order chi connectivity index (χ1) is 33.9. The zero-order valence-corrected chi connectivity index (χ0v) is 42.1. The normalized spacial score (nSPS) is 22.6. The standard InChI is InChI=1S/C57H78N2O9S/c1-4-7-8-9-10-11-12-13-17-26-54(62)59(40-42-27-29-51-52(36-42)65-41-64-51)53-39-49(58-67-6-3)47-37-43(22-18-20-31-60)46(25-19-21-32-61)55-48-38-44(63-34-35-69-45-23-15-14-16-24-45)28-30-50(48)68-57(53,56(47)55)66-33-5-2/h5,14-16,23-24,27-30,36-38,43,46,53,55-56,60-61H,2,4,6-13,17-22,25-26,31-35,39-41H2,1,3H3/t43-,46+,53-,55+,56+,57+/m0/s1. The molecule has 1 saturated carbocycles. The Kier molecular flexibility index (Phi) is 20.6. The van der Waals surface area contributed by atoms with Gasteiger partial charge in [0.05, 0.1) is 24.8 Å². The Morgan fingerprint density at radius 1 is 0.870 bits per heavy atom. The zero-order chi connectivity index (χ0) is 48.3. The molecule has 3 aromatic rings. The number of nitrogens with zero attached hydrogens (tertiary/aromatic N) is 2. The number of hydrogen-bond donors (Lipinski definition) is 2. The summed E-state index contributed by atoms with van der Waals surface area (Å²) < 4.78 is 32.9. The molecule has 69 heavy (non-hydrogen) atoms. The largest absolute Gasteiger partial charge is 0.493 e. The first kappa shape index (κ1) is 52.3. The van der Waals surface area contributed by atoms with Gasteiger partial charge in [0.1, 0.15) is 24.1 Å². The van der Waals surface area contributed by atoms with Crippen molar-refractivity contribution in [3.63, 3.8) is 0 Å². The molecule has 0 radical (unpaired) electrons. The van der Waals surface area contributed by atoms with Crippen LogP contribution >= 0.6 is 11.8 Å². The average molecular weight is 967 g/mol. The van der Waals surface area contributed by atoms with Gasteiger partial charge in [-0.25, -0.2) is 0 Å². The van der Waals surface area contributed by atoms with Gasteiger partial charge in [-0.1, -0.05) is 113 Å². The van der Waals surface area contributed by atoms with E-state index in [-0.39, 0.29) is 50.3 Å². The van der Waals surface area contributed by atoms with E-state index < -0.39 is 17.7 Å². The third kappa shape index (κ3) is 13.5. The van der Waals surface area contributed by atoms with Gasteiger partial charge in [0.25, 0.3) is 0 Å². The van der Waals surface area contributed by atoms with Gasteiger partial charge >= 0.3 is 0 Å². The van der Waals surface area contributed by atoms with Crippen molar-refractivity contribution in [3.05, 3.63) is 102 Å². The van der Waals surface area contributed by atoms with Crippen molar-refractivity contribution >= 4 is 23.4 Å². The highest BCUT2D eigenvalue weighted by molar-refractivity contribution is 7.99. The summed E-state index contributed by atoms with van der Waals surface area (Å²) in [6.45, 7) is 10.1. The predicted molar refractivity (Wildman–Crippen MR) is 274 cm³/mol. The second-order valence-corrected chi connectivity index (χ2v) is 20.2. The fourth-order valence-electron chi connectivity index (χ4n) is 11.1. The molecule has 0 aromatic heterocycles. The third-order valence-corrected chi connectivity index (χ3v) is 15.3. The second kappa shape index (κ2) is 27.2. The van der Waals surface area contributed by atoms with E-state index in [4.69, 9.17) is 33.7 Å². The molecule has 0 bridgehead atoms. The number of unbranched alkanes of at least 4 members (excludes halogenated alkanes) is 10. The Labute approximate surface area is 416 Å². The monoisotopic (exact) mass is 967 g/mol. The van der Waals surface area contributed by atoms with Crippen LogP contribution in [-0.2, 0) is 20.9 Å². The van der Waals surface area contributed by atoms with Crippen molar-refractivity contribution in [3.8, 4) is 23.0 Å². The number of fused-ring (bicyclic) bond motifs is 3. The van der Waals surface area contributed by atoms with Crippen LogP contribution in [0.3, 0.4) is 0 Å². The molecule has 1 fully saturated rings. The molecule has 0 spiro atoms. The molecule has 376 valence electrons. The Balaban J connectivity index is 1.31. The molecule has 7 rings (SSSR count). The van der Waals surface area contributed by atoms with Gasteiger partial charge in [0.15, 0.2) is 11.5 Å². The van der Waals surface area contributed by atoms with Crippen LogP contribution in [0.1, 0.15) is 140 Å². The van der Waals surface area contributed by atoms with Crippen LogP contribution in [0.25, 0.3) is 0 Å². The van der Waals surface area contributed by atoms with E-state index in [1.807, 2.05) is 48.2 Å². The minimum absolute atomic E-state index is 0.0330. The smallest absolute Gasteiger partial charge is 0.239 e. The number of aliphatic hydroxyl groups excluding tert-OH is 2. The van der Waals surface area contributed by atoms with E-state index >= 15 is 4.79 Å². The highest BCUT2D eigenvalue weighted by Gasteiger charge is 2.65. The van der Waals surface area contributed by atoms with E-state index in [0.29, 0.717) is 62.7 Å². The quantitative estimate of drug-likeness (QED) is 0.0278. The average Bonchev–Trinajstić information content (AvgIpc) is 3.85. The fourth-order valence-corrected chi connectivity index (χ4v) is 11.8. The lowest BCUT2D eigenvalue weighted by Crippen LogP contribution is -2.70. The number of aliphatic hydroxyl groups is 2. The van der Waals surface area contributed by atoms with Gasteiger partial charge < -0.3 is 43.6 Å². The number of rotatable bonds is 31. The van der Waals surface area contributed by atoms with Crippen molar-refractivity contribution < 1.29 is 43.5 Å². The number of hydrogen-bond acceptors (Lipinski definition) is 11. The van der Waals surface area contributed by atoms with Crippen LogP contribution in [0.4, 0.5) is 0 Å². The first-order valence-electron chi connectivity index (χ1n) is 26.1. The molecule has 11 nitrogen and oxygen atoms in total. The van der Waals surface area contributed by atoms with E-state index in [2.05, 4.69) is 49.9 Å². The molecule has 2 aliphatic heterocycles. The lowest BCUT2D eigenvalue weighted by atomic mass is 9.55. The van der Waals surface area contributed by atoms with Crippen molar-refractivity contribution in [2.45, 2.75) is 152 Å². The molecule has 2 heterocycles. The van der Waals surface area contributed by atoms with Crippen molar-refractivity contribution in [1.82, 2.24) is 4.90 Å². The number of oxime groups is 1. The molecule has 2 aliphatic carbocycles. The summed E-state index contributed by atoms with van der Waals surface area (Å²) in [7, 11) is 0. The lowest BCUT2D eigenvalue weighted by Gasteiger charge is -2.60. The van der Waals surface area contributed by atoms with Crippen molar-refractivity contribution in [1.29, 1.82) is 0 Å². The molecule has 1 amide bonds. The minimum atomic E-state index is -1.35. The second-order valence-electron chi connectivity index (χ2n) is 19.0. The van der Waals surface area contributed by atoms with Crippen molar-refractivity contribution in [2.24, 2.45) is 22.9 Å². The summed E-state index contributed by atoms with van der Waals surface area (Å²) in [5.74, 6) is 1.98. The van der Waals surface area contributed by atoms with E-state index in [1.54, 1.807) is 17.8 Å². The molecular formula is C57H78N2O9S. The minimum Gasteiger partial charge on any atom is -0.493 e. The van der Waals surface area contributed by atoms with Crippen LogP contribution in [0.15, 0.2) is 101 Å². The number of benzene rings is 3. The van der Waals surface area contributed by atoms with Gasteiger partial charge in [-0.15, -0.1) is 18.3 Å². The van der Waals surface area contributed by atoms with Crippen LogP contribution < -0.4 is 18.9 Å². The van der Waals surface area contributed by atoms with Gasteiger partial charge in [0.2, 0.25) is 18.5 Å². The van der Waals surface area contributed by atoms with Crippen LogP contribution in [0, 0.1) is 17.8 Å². The van der Waals surface area contributed by atoms with Crippen molar-refractivity contribution in [2.75, 3.05) is 45.6 Å². The Morgan fingerprint density at radius 2 is 1.61 bits per heavy atom. The zero-order valence-electron chi connectivity index (χ0n) is 41.3. The van der Waals surface area contributed by atoms with Crippen LogP contribution in [-0.4, -0.2) is 84.1 Å². The number of thioether (sulfide) groups is 1. The van der Waals surface area contributed by atoms with E-state index in [9.17, 15) is 10.2 Å². The Morgan fingerprint density at radius 3 is 2.36 bits per heavy atom. The summed E-state index contributed by atoms with van der Waals surface area (Å²) in [6.07, 6.45) is 20.1. The topological polar surface area (TPSA) is 129 Å². The van der Waals surface area contributed by atoms with Crippen LogP contribution in [0.5, 0.6) is 23.0 Å². The van der Waals surface area contributed by atoms with Gasteiger partial charge in [-0.2, -0.15) is 0 Å². The Hall–Kier alpha value is -4.49. The molecule has 12 heteroatoms. The SMILES string of the molecule is C=CCO[C@@]12Oc3ccc(OCCSc4ccccc4)cc3[C@H]3[C@H](CCCCO)[C@@H](CCCCO)C=C(C(=NOCC)C[C@@H]1N(Cc1ccc4c(c1)OCO4)C(=O)CCCCCCCCCCC)[C@H]32. The number of carbonyl (C=O) groups is 1. The Bertz CT molecular complexity index is 2130. The molecular weight excluding hydrogens is 889 g/mol. The number of carbonyl (C=O) groups excluding carboxylic acids is 1. The summed E-state index contributed by atoms with van der Waals surface area (Å²) in [4.78, 5) is 24.5. The van der Waals surface area contributed by atoms with Gasteiger partial charge in [0, 0.05) is 54.7 Å². The van der Waals surface area contributed by atoms with Gasteiger partial charge in [-0.05, 0) is 104 Å². The molecule has 0 unspecified atom stereocenters. The maximum Gasteiger partial charge on any atom is 0.239 e. The maximum atomic E-state index is 15.3. The highest BCUT2D eigenvalue weighted by Crippen LogP contribution is 2.62. The molecule has 4 aliphatic rings. The third-order valence-electron chi connectivity index (χ3n) is 14.3. The summed E-state index contributed by atoms with van der Waals surface area (Å²) >= 11 is 1.76. The molecule has 6 atom stereocenters. The predicted octanol–water partition coefficient (Wildman–Crippen LogP) is 12.2. The summed E-state index contributed by atoms with van der Waals surface area (Å²) in [5.41, 5.74) is 3.77. The molecule has 3 aromatic carbocycles. The summed E-state index contributed by atoms with van der Waals surface area (Å²) in [5, 5.41) is 25.0. The fraction of sp³-hybridized carbons (Fsp3) is 0.579. The lowest BCUT2D eigenvalue weighted by molar-refractivity contribution is -0.258. The van der Waals surface area contributed by atoms with E-state index in [0.717, 1.165) is 78.9 Å². The van der Waals surface area contributed by atoms with Gasteiger partial charge in [-0.3, -0.25) is 4.79 Å². The molecule has 0 saturated heterocycles.